The van der Waals surface area contributed by atoms with Gasteiger partial charge in [-0.1, -0.05) is 23.2 Å². The minimum absolute atomic E-state index is 0.0190. The van der Waals surface area contributed by atoms with Gasteiger partial charge in [-0.25, -0.2) is 14.0 Å². The number of carboxylic acids is 1. The Labute approximate surface area is 221 Å². The number of hydrogen-bond acceptors (Lipinski definition) is 5. The molecule has 4 rings (SSSR count). The highest BCUT2D eigenvalue weighted by molar-refractivity contribution is 6.31. The topological polar surface area (TPSA) is 113 Å². The number of rotatable bonds is 7. The quantitative estimate of drug-likeness (QED) is 0.394. The number of pyridine rings is 1. The number of benzene rings is 2. The van der Waals surface area contributed by atoms with Crippen molar-refractivity contribution in [2.45, 2.75) is 18.6 Å². The molecular formula is C25H23Cl2FN4O5. The minimum atomic E-state index is -1.43. The van der Waals surface area contributed by atoms with Crippen LogP contribution in [0.5, 0.6) is 0 Å². The molecule has 2 unspecified atom stereocenters. The molecule has 9 nitrogen and oxygen atoms in total. The Kier molecular flexibility index (Phi) is 8.01. The molecule has 37 heavy (non-hydrogen) atoms. The molecule has 1 fully saturated rings. The number of aromatic nitrogens is 1. The zero-order valence-electron chi connectivity index (χ0n) is 19.6. The molecule has 0 bridgehead atoms. The lowest BCUT2D eigenvalue weighted by molar-refractivity contribution is 0.0694. The van der Waals surface area contributed by atoms with Crippen LogP contribution in [0, 0.1) is 5.82 Å². The second kappa shape index (κ2) is 11.2. The number of carboxylic acid groups (broad SMARTS) is 1. The summed E-state index contributed by atoms with van der Waals surface area (Å²) < 4.78 is 21.4. The smallest absolute Gasteiger partial charge is 0.341 e. The Hall–Kier alpha value is -3.60. The maximum Gasteiger partial charge on any atom is 0.341 e. The van der Waals surface area contributed by atoms with Crippen LogP contribution in [0.2, 0.25) is 10.0 Å². The average molecular weight is 549 g/mol. The summed E-state index contributed by atoms with van der Waals surface area (Å²) in [5.41, 5.74) is -0.513. The number of anilines is 2. The fourth-order valence-corrected chi connectivity index (χ4v) is 4.47. The molecule has 1 saturated heterocycles. The van der Waals surface area contributed by atoms with Crippen molar-refractivity contribution in [3.05, 3.63) is 86.5 Å². The summed E-state index contributed by atoms with van der Waals surface area (Å²) in [4.78, 5) is 38.4. The monoisotopic (exact) mass is 548 g/mol. The van der Waals surface area contributed by atoms with Gasteiger partial charge in [-0.05, 0) is 48.9 Å². The number of methoxy groups -OCH3 is 1. The molecule has 3 N–H and O–H groups in total. The summed E-state index contributed by atoms with van der Waals surface area (Å²) in [6.07, 6.45) is 1.60. The molecular weight excluding hydrogens is 526 g/mol. The van der Waals surface area contributed by atoms with Crippen molar-refractivity contribution >= 4 is 46.6 Å². The Morgan fingerprint density at radius 3 is 2.51 bits per heavy atom. The number of hydrogen-bond donors (Lipinski definition) is 3. The third-order valence-electron chi connectivity index (χ3n) is 6.04. The van der Waals surface area contributed by atoms with Crippen molar-refractivity contribution in [2.75, 3.05) is 30.8 Å². The van der Waals surface area contributed by atoms with Gasteiger partial charge in [-0.15, -0.1) is 0 Å². The predicted octanol–water partition coefficient (Wildman–Crippen LogP) is 4.71. The number of halogens is 3. The van der Waals surface area contributed by atoms with E-state index < -0.39 is 22.9 Å². The summed E-state index contributed by atoms with van der Waals surface area (Å²) in [6, 6.07) is 11.2. The van der Waals surface area contributed by atoms with Gasteiger partial charge in [-0.2, -0.15) is 0 Å². The number of amides is 2. The van der Waals surface area contributed by atoms with Gasteiger partial charge in [0.2, 0.25) is 0 Å². The first-order valence-electron chi connectivity index (χ1n) is 11.2. The normalized spacial score (nSPS) is 17.0. The molecule has 0 spiro atoms. The summed E-state index contributed by atoms with van der Waals surface area (Å²) in [5, 5.41) is 15.6. The highest BCUT2D eigenvalue weighted by Gasteiger charge is 2.35. The van der Waals surface area contributed by atoms with Gasteiger partial charge < -0.3 is 25.4 Å². The fourth-order valence-electron chi connectivity index (χ4n) is 4.13. The molecule has 1 aliphatic heterocycles. The highest BCUT2D eigenvalue weighted by Crippen LogP contribution is 2.24. The lowest BCUT2D eigenvalue weighted by atomic mass is 10.2. The van der Waals surface area contributed by atoms with Crippen molar-refractivity contribution in [1.82, 2.24) is 9.47 Å². The van der Waals surface area contributed by atoms with E-state index in [0.29, 0.717) is 23.7 Å². The number of nitrogens with zero attached hydrogens (tertiary/aromatic N) is 2. The standard InChI is InChI=1S/C25H23Cl2FN4O5/c1-37-19-9-18(32(13-19)25(36)30-16-4-2-14(26)3-5-16)11-29-22-7-6-17(10-21(22)28)31-12-15(27)8-20(23(31)33)24(34)35/h2-8,10,12,18-19,29H,9,11,13H2,1H3,(H,30,36)(H,34,35). The maximum absolute atomic E-state index is 15.0. The molecule has 3 aromatic rings. The molecule has 2 amide bonds. The zero-order valence-corrected chi connectivity index (χ0v) is 21.1. The van der Waals surface area contributed by atoms with E-state index in [-0.39, 0.29) is 41.1 Å². The second-order valence-electron chi connectivity index (χ2n) is 8.43. The van der Waals surface area contributed by atoms with Gasteiger partial charge in [0, 0.05) is 43.2 Å². The largest absolute Gasteiger partial charge is 0.477 e. The van der Waals surface area contributed by atoms with Gasteiger partial charge in [0.05, 0.1) is 28.5 Å². The molecule has 0 saturated carbocycles. The van der Waals surface area contributed by atoms with Crippen LogP contribution < -0.4 is 16.2 Å². The lowest BCUT2D eigenvalue weighted by Crippen LogP contribution is -2.42. The number of aromatic carboxylic acids is 1. The molecule has 1 aromatic heterocycles. The van der Waals surface area contributed by atoms with Crippen LogP contribution in [0.15, 0.2) is 59.5 Å². The fraction of sp³-hybridized carbons (Fsp3) is 0.240. The number of ether oxygens (including phenoxy) is 1. The van der Waals surface area contributed by atoms with Gasteiger partial charge >= 0.3 is 12.0 Å². The lowest BCUT2D eigenvalue weighted by Gasteiger charge is -2.25. The van der Waals surface area contributed by atoms with E-state index >= 15 is 0 Å². The van der Waals surface area contributed by atoms with Crippen LogP contribution in [-0.4, -0.2) is 58.9 Å². The van der Waals surface area contributed by atoms with E-state index in [2.05, 4.69) is 10.6 Å². The average Bonchev–Trinajstić information content (AvgIpc) is 3.29. The Balaban J connectivity index is 1.48. The SMILES string of the molecule is COC1CC(CNc2ccc(-n3cc(Cl)cc(C(=O)O)c3=O)cc2F)N(C(=O)Nc2ccc(Cl)cc2)C1. The number of urea groups is 1. The minimum Gasteiger partial charge on any atom is -0.477 e. The summed E-state index contributed by atoms with van der Waals surface area (Å²) >= 11 is 11.9. The van der Waals surface area contributed by atoms with Crippen LogP contribution >= 0.6 is 23.2 Å². The first-order valence-corrected chi connectivity index (χ1v) is 12.0. The van der Waals surface area contributed by atoms with Gasteiger partial charge in [0.1, 0.15) is 11.4 Å². The molecule has 2 heterocycles. The Bertz CT molecular complexity index is 1380. The van der Waals surface area contributed by atoms with Gasteiger partial charge in [0.15, 0.2) is 0 Å². The number of likely N-dealkylation sites (tertiary alicyclic amines) is 1. The molecule has 1 aliphatic rings. The summed E-state index contributed by atoms with van der Waals surface area (Å²) in [6.45, 7) is 0.609. The van der Waals surface area contributed by atoms with Crippen LogP contribution in [0.1, 0.15) is 16.8 Å². The third-order valence-corrected chi connectivity index (χ3v) is 6.50. The van der Waals surface area contributed by atoms with Crippen LogP contribution in [-0.2, 0) is 4.74 Å². The molecule has 12 heteroatoms. The van der Waals surface area contributed by atoms with E-state index in [9.17, 15) is 23.9 Å². The molecule has 0 aliphatic carbocycles. The van der Waals surface area contributed by atoms with E-state index in [4.69, 9.17) is 27.9 Å². The van der Waals surface area contributed by atoms with Crippen LogP contribution in [0.4, 0.5) is 20.6 Å². The predicted molar refractivity (Wildman–Crippen MR) is 139 cm³/mol. The van der Waals surface area contributed by atoms with Crippen LogP contribution in [0.25, 0.3) is 5.69 Å². The number of nitrogens with one attached hydrogen (secondary N) is 2. The van der Waals surface area contributed by atoms with Crippen molar-refractivity contribution in [3.8, 4) is 5.69 Å². The Morgan fingerprint density at radius 1 is 1.14 bits per heavy atom. The second-order valence-corrected chi connectivity index (χ2v) is 9.31. The first-order chi connectivity index (χ1) is 17.7. The number of carbonyl (C=O) groups is 2. The molecule has 2 atom stereocenters. The third kappa shape index (κ3) is 6.04. The Morgan fingerprint density at radius 2 is 1.86 bits per heavy atom. The molecule has 194 valence electrons. The van der Waals surface area contributed by atoms with Crippen LogP contribution in [0.3, 0.4) is 0 Å². The maximum atomic E-state index is 15.0. The molecule has 2 aromatic carbocycles. The van der Waals surface area contributed by atoms with Crippen molar-refractivity contribution in [3.63, 3.8) is 0 Å². The zero-order chi connectivity index (χ0) is 26.7. The van der Waals surface area contributed by atoms with E-state index in [0.717, 1.165) is 16.7 Å². The van der Waals surface area contributed by atoms with Crippen molar-refractivity contribution < 1.29 is 23.8 Å². The van der Waals surface area contributed by atoms with Crippen molar-refractivity contribution in [2.24, 2.45) is 0 Å². The van der Waals surface area contributed by atoms with E-state index in [1.165, 1.54) is 18.3 Å². The van der Waals surface area contributed by atoms with Crippen molar-refractivity contribution in [1.29, 1.82) is 0 Å². The van der Waals surface area contributed by atoms with E-state index in [1.54, 1.807) is 36.3 Å². The summed E-state index contributed by atoms with van der Waals surface area (Å²) in [7, 11) is 1.57. The van der Waals surface area contributed by atoms with E-state index in [1.807, 2.05) is 0 Å². The first kappa shape index (κ1) is 26.5. The highest BCUT2D eigenvalue weighted by atomic mass is 35.5. The van der Waals surface area contributed by atoms with Gasteiger partial charge in [-0.3, -0.25) is 9.36 Å². The summed E-state index contributed by atoms with van der Waals surface area (Å²) in [5.74, 6) is -2.10. The number of carbonyl (C=O) groups excluding carboxylic acids is 1. The molecule has 0 radical (unpaired) electrons. The van der Waals surface area contributed by atoms with Gasteiger partial charge in [0.25, 0.3) is 5.56 Å².